The highest BCUT2D eigenvalue weighted by atomic mass is 32.1. The number of nitrogens with zero attached hydrogens (tertiary/aromatic N) is 6. The van der Waals surface area contributed by atoms with E-state index in [1.165, 1.54) is 35.8 Å². The van der Waals surface area contributed by atoms with Crippen LogP contribution in [0.3, 0.4) is 0 Å². The Labute approximate surface area is 193 Å². The molecule has 5 rings (SSSR count). The second-order valence-electron chi connectivity index (χ2n) is 7.84. The number of rotatable bonds is 3. The van der Waals surface area contributed by atoms with E-state index < -0.39 is 0 Å². The minimum Gasteiger partial charge on any atom is -0.329 e. The molecule has 4 aromatic rings. The van der Waals surface area contributed by atoms with E-state index in [-0.39, 0.29) is 17.8 Å². The molecule has 1 amide bonds. The lowest BCUT2D eigenvalue weighted by Gasteiger charge is -2.35. The van der Waals surface area contributed by atoms with Crippen LogP contribution >= 0.6 is 11.5 Å². The molecule has 0 saturated heterocycles. The van der Waals surface area contributed by atoms with E-state index in [0.717, 1.165) is 27.8 Å². The Morgan fingerprint density at radius 1 is 1.12 bits per heavy atom. The van der Waals surface area contributed by atoms with Gasteiger partial charge in [0.05, 0.1) is 29.1 Å². The van der Waals surface area contributed by atoms with Crippen molar-refractivity contribution in [3.05, 3.63) is 77.0 Å². The normalized spacial score (nSPS) is 15.2. The molecule has 1 atom stereocenters. The first kappa shape index (κ1) is 21.0. The molecule has 9 heteroatoms. The predicted molar refractivity (Wildman–Crippen MR) is 122 cm³/mol. The Morgan fingerprint density at radius 3 is 2.48 bits per heavy atom. The molecular weight excluding hydrogens is 439 g/mol. The summed E-state index contributed by atoms with van der Waals surface area (Å²) >= 11 is 1.29. The second kappa shape index (κ2) is 8.22. The summed E-state index contributed by atoms with van der Waals surface area (Å²) in [7, 11) is 0. The maximum atomic E-state index is 13.4. The number of carbonyl (C=O) groups excluding carboxylic acids is 1. The Kier molecular flexibility index (Phi) is 5.23. The molecule has 7 nitrogen and oxygen atoms in total. The first-order valence-corrected chi connectivity index (χ1v) is 11.2. The molecule has 164 valence electrons. The number of hydrogen-bond donors (Lipinski definition) is 0. The molecule has 1 aliphatic rings. The van der Waals surface area contributed by atoms with E-state index in [1.54, 1.807) is 17.0 Å². The van der Waals surface area contributed by atoms with Gasteiger partial charge in [0.1, 0.15) is 11.6 Å². The zero-order chi connectivity index (χ0) is 23.1. The smallest absolute Gasteiger partial charge is 0.254 e. The molecule has 0 fully saturated rings. The Morgan fingerprint density at radius 2 is 1.85 bits per heavy atom. The van der Waals surface area contributed by atoms with E-state index in [9.17, 15) is 9.18 Å². The number of imidazole rings is 1. The van der Waals surface area contributed by atoms with Gasteiger partial charge >= 0.3 is 0 Å². The lowest BCUT2D eigenvalue weighted by Crippen LogP contribution is -2.41. The number of amides is 1. The summed E-state index contributed by atoms with van der Waals surface area (Å²) in [5, 5.41) is 9.88. The quantitative estimate of drug-likeness (QED) is 0.448. The van der Waals surface area contributed by atoms with E-state index in [4.69, 9.17) is 10.2 Å². The van der Waals surface area contributed by atoms with Crippen LogP contribution in [-0.4, -0.2) is 36.3 Å². The average molecular weight is 459 g/mol. The molecule has 0 saturated carbocycles. The number of aromatic nitrogens is 4. The van der Waals surface area contributed by atoms with Crippen molar-refractivity contribution in [1.82, 2.24) is 23.8 Å². The Hall–Kier alpha value is -3.90. The summed E-state index contributed by atoms with van der Waals surface area (Å²) in [5.41, 5.74) is 3.49. The number of fused-ring (bicyclic) bond motifs is 1. The fraction of sp³-hybridized carbons (Fsp3) is 0.208. The minimum atomic E-state index is -0.378. The number of hydrogen-bond acceptors (Lipinski definition) is 6. The second-order valence-corrected chi connectivity index (χ2v) is 8.59. The molecule has 3 heterocycles. The fourth-order valence-corrected chi connectivity index (χ4v) is 4.84. The molecule has 2 aromatic heterocycles. The van der Waals surface area contributed by atoms with Crippen LogP contribution in [0, 0.1) is 24.1 Å². The molecule has 0 bridgehead atoms. The van der Waals surface area contributed by atoms with Crippen molar-refractivity contribution in [2.75, 3.05) is 6.54 Å². The monoisotopic (exact) mass is 458 g/mol. The highest BCUT2D eigenvalue weighted by Gasteiger charge is 2.34. The summed E-state index contributed by atoms with van der Waals surface area (Å²) in [5.74, 6) is 0.866. The van der Waals surface area contributed by atoms with Crippen LogP contribution in [0.2, 0.25) is 0 Å². The Bertz CT molecular complexity index is 1380. The van der Waals surface area contributed by atoms with E-state index in [2.05, 4.69) is 20.0 Å². The van der Waals surface area contributed by atoms with Crippen molar-refractivity contribution in [3.63, 3.8) is 0 Å². The van der Waals surface area contributed by atoms with Crippen LogP contribution in [0.4, 0.5) is 4.39 Å². The molecule has 1 aliphatic heterocycles. The van der Waals surface area contributed by atoms with Crippen LogP contribution in [0.5, 0.6) is 0 Å². The van der Waals surface area contributed by atoms with Crippen LogP contribution < -0.4 is 0 Å². The van der Waals surface area contributed by atoms with E-state index >= 15 is 0 Å². The van der Waals surface area contributed by atoms with Crippen LogP contribution in [0.15, 0.2) is 48.5 Å². The van der Waals surface area contributed by atoms with Gasteiger partial charge in [-0.2, -0.15) is 9.64 Å². The van der Waals surface area contributed by atoms with E-state index in [1.807, 2.05) is 26.0 Å². The Balaban J connectivity index is 1.61. The molecule has 1 unspecified atom stereocenters. The van der Waals surface area contributed by atoms with Gasteiger partial charge in [-0.25, -0.2) is 14.4 Å². The van der Waals surface area contributed by atoms with Gasteiger partial charge in [-0.05, 0) is 61.8 Å². The van der Waals surface area contributed by atoms with Gasteiger partial charge < -0.3 is 9.47 Å². The number of halogens is 1. The van der Waals surface area contributed by atoms with Crippen molar-refractivity contribution in [1.29, 1.82) is 5.26 Å². The highest BCUT2D eigenvalue weighted by Crippen LogP contribution is 2.38. The third kappa shape index (κ3) is 3.68. The lowest BCUT2D eigenvalue weighted by molar-refractivity contribution is 0.0645. The van der Waals surface area contributed by atoms with E-state index in [0.29, 0.717) is 30.0 Å². The summed E-state index contributed by atoms with van der Waals surface area (Å²) in [6, 6.07) is 14.7. The number of nitriles is 1. The summed E-state index contributed by atoms with van der Waals surface area (Å²) in [4.78, 5) is 24.5. The maximum Gasteiger partial charge on any atom is 0.254 e. The third-order valence-electron chi connectivity index (χ3n) is 5.79. The zero-order valence-electron chi connectivity index (χ0n) is 18.0. The van der Waals surface area contributed by atoms with Crippen molar-refractivity contribution in [2.45, 2.75) is 26.4 Å². The van der Waals surface area contributed by atoms with Crippen LogP contribution in [-0.2, 0) is 6.54 Å². The molecule has 0 aliphatic carbocycles. The van der Waals surface area contributed by atoms with Gasteiger partial charge in [0.15, 0.2) is 10.8 Å². The van der Waals surface area contributed by atoms with Crippen LogP contribution in [0.25, 0.3) is 22.1 Å². The standard InChI is InChI=1S/C24H19FN6OS/c1-14-21-20(17-5-3-16(13-26)4-6-17)28-22(23-27-15(2)29-33-23)31(21)12-11-30(14)24(32)18-7-9-19(25)10-8-18/h3-10,14H,11-12H2,1-2H3. The lowest BCUT2D eigenvalue weighted by atomic mass is 10.0. The topological polar surface area (TPSA) is 87.7 Å². The van der Waals surface area contributed by atoms with Gasteiger partial charge in [-0.15, -0.1) is 0 Å². The molecule has 0 spiro atoms. The predicted octanol–water partition coefficient (Wildman–Crippen LogP) is 4.60. The highest BCUT2D eigenvalue weighted by molar-refractivity contribution is 7.09. The largest absolute Gasteiger partial charge is 0.329 e. The zero-order valence-corrected chi connectivity index (χ0v) is 18.8. The van der Waals surface area contributed by atoms with Gasteiger partial charge in [-0.1, -0.05) is 12.1 Å². The van der Waals surface area contributed by atoms with Crippen molar-refractivity contribution >= 4 is 17.4 Å². The van der Waals surface area contributed by atoms with Crippen molar-refractivity contribution in [3.8, 4) is 28.2 Å². The summed E-state index contributed by atoms with van der Waals surface area (Å²) < 4.78 is 19.8. The SMILES string of the molecule is Cc1nsc(-c2nc(-c3ccc(C#N)cc3)c3n2CCN(C(=O)c2ccc(F)cc2)C3C)n1. The molecule has 33 heavy (non-hydrogen) atoms. The van der Waals surface area contributed by atoms with Crippen LogP contribution in [0.1, 0.15) is 40.4 Å². The minimum absolute atomic E-state index is 0.158. The van der Waals surface area contributed by atoms with Gasteiger partial charge in [0, 0.05) is 24.2 Å². The van der Waals surface area contributed by atoms with Gasteiger partial charge in [0.25, 0.3) is 5.91 Å². The molecule has 0 radical (unpaired) electrons. The van der Waals surface area contributed by atoms with Gasteiger partial charge in [-0.3, -0.25) is 4.79 Å². The summed E-state index contributed by atoms with van der Waals surface area (Å²) in [6.07, 6.45) is 0. The number of aryl methyl sites for hydroxylation is 1. The third-order valence-corrected chi connectivity index (χ3v) is 6.60. The van der Waals surface area contributed by atoms with Crippen molar-refractivity contribution in [2.24, 2.45) is 0 Å². The first-order chi connectivity index (χ1) is 16.0. The fourth-order valence-electron chi connectivity index (χ4n) is 4.17. The average Bonchev–Trinajstić information content (AvgIpc) is 3.43. The summed E-state index contributed by atoms with van der Waals surface area (Å²) in [6.45, 7) is 4.84. The number of benzene rings is 2. The van der Waals surface area contributed by atoms with Gasteiger partial charge in [0.2, 0.25) is 0 Å². The number of carbonyl (C=O) groups is 1. The van der Waals surface area contributed by atoms with Crippen molar-refractivity contribution < 1.29 is 9.18 Å². The maximum absolute atomic E-state index is 13.4. The molecule has 0 N–H and O–H groups in total. The molecule has 2 aromatic carbocycles. The first-order valence-electron chi connectivity index (χ1n) is 10.4. The molecular formula is C24H19FN6OS.